The summed E-state index contributed by atoms with van der Waals surface area (Å²) < 4.78 is 7.53. The number of hydrogen-bond donors (Lipinski definition) is 0. The molecule has 4 aliphatic rings. The monoisotopic (exact) mass is 568 g/mol. The Kier molecular flexibility index (Phi) is 7.69. The fourth-order valence-corrected chi connectivity index (χ4v) is 7.88. The maximum Gasteiger partial charge on any atom is 0.231 e. The Bertz CT molecular complexity index is 1400. The number of methoxy groups -OCH3 is 1. The maximum atomic E-state index is 14.3. The van der Waals surface area contributed by atoms with Crippen LogP contribution in [0.2, 0.25) is 0 Å². The van der Waals surface area contributed by atoms with Gasteiger partial charge in [0.2, 0.25) is 5.91 Å². The van der Waals surface area contributed by atoms with E-state index in [4.69, 9.17) is 9.72 Å². The molecule has 3 aromatic rings. The van der Waals surface area contributed by atoms with Gasteiger partial charge >= 0.3 is 0 Å². The van der Waals surface area contributed by atoms with Gasteiger partial charge in [0.05, 0.1) is 24.5 Å². The van der Waals surface area contributed by atoms with E-state index in [1.165, 1.54) is 36.8 Å². The number of nitrogens with zero attached hydrogens (tertiary/aromatic N) is 4. The molecule has 2 aromatic heterocycles. The van der Waals surface area contributed by atoms with Crippen LogP contribution < -0.4 is 9.64 Å². The minimum absolute atomic E-state index is 0.0975. The van der Waals surface area contributed by atoms with Crippen LogP contribution in [0.15, 0.2) is 48.8 Å². The first kappa shape index (κ1) is 28.9. The van der Waals surface area contributed by atoms with E-state index < -0.39 is 0 Å². The van der Waals surface area contributed by atoms with Gasteiger partial charge in [-0.2, -0.15) is 5.10 Å². The van der Waals surface area contributed by atoms with E-state index in [-0.39, 0.29) is 28.2 Å². The Hall–Kier alpha value is -3.15. The molecule has 6 nitrogen and oxygen atoms in total. The second-order valence-electron chi connectivity index (χ2n) is 14.4. The number of rotatable bonds is 7. The van der Waals surface area contributed by atoms with Crippen LogP contribution in [-0.2, 0) is 15.7 Å². The Balaban J connectivity index is 1.27. The lowest BCUT2D eigenvalue weighted by molar-refractivity contribution is -0.124. The van der Waals surface area contributed by atoms with Crippen molar-refractivity contribution in [3.8, 4) is 17.0 Å². The van der Waals surface area contributed by atoms with Crippen LogP contribution in [0.25, 0.3) is 11.3 Å². The standard InChI is InChI=1S/C36H48N4O2/c1-26-22-29(14-15-31(26)42-5)36-19-16-35(17-20-36,18-21-36)25-39(33(41)27-10-7-6-8-11-27)32-13-9-12-30(38-32)28-23-37-40(24-28)34(2,3)4/h9,12-15,22-24,27H,6-8,10-11,16-21,25H2,1-5H3. The van der Waals surface area contributed by atoms with Crippen molar-refractivity contribution in [2.24, 2.45) is 11.3 Å². The zero-order valence-corrected chi connectivity index (χ0v) is 26.3. The fourth-order valence-electron chi connectivity index (χ4n) is 7.88. The van der Waals surface area contributed by atoms with Crippen molar-refractivity contribution in [1.29, 1.82) is 0 Å². The summed E-state index contributed by atoms with van der Waals surface area (Å²) >= 11 is 0. The second-order valence-corrected chi connectivity index (χ2v) is 14.4. The molecule has 224 valence electrons. The highest BCUT2D eigenvalue weighted by Gasteiger charge is 2.50. The Morgan fingerprint density at radius 2 is 1.74 bits per heavy atom. The number of carbonyl (C=O) groups excluding carboxylic acids is 1. The number of carbonyl (C=O) groups is 1. The molecule has 0 saturated heterocycles. The minimum Gasteiger partial charge on any atom is -0.496 e. The first-order valence-electron chi connectivity index (χ1n) is 16.1. The number of benzene rings is 1. The first-order valence-corrected chi connectivity index (χ1v) is 16.1. The number of ether oxygens (including phenoxy) is 1. The molecule has 0 N–H and O–H groups in total. The van der Waals surface area contributed by atoms with Gasteiger partial charge in [-0.05, 0) is 119 Å². The zero-order chi connectivity index (χ0) is 29.5. The normalized spacial score (nSPS) is 24.5. The Labute approximate surface area is 251 Å². The molecule has 1 amide bonds. The largest absolute Gasteiger partial charge is 0.496 e. The number of hydrogen-bond acceptors (Lipinski definition) is 4. The van der Waals surface area contributed by atoms with E-state index in [0.717, 1.165) is 74.3 Å². The van der Waals surface area contributed by atoms with Crippen molar-refractivity contribution in [3.05, 3.63) is 59.9 Å². The molecule has 7 rings (SSSR count). The number of anilines is 1. The van der Waals surface area contributed by atoms with E-state index in [1.54, 1.807) is 7.11 Å². The third-order valence-electron chi connectivity index (χ3n) is 10.7. The van der Waals surface area contributed by atoms with Crippen LogP contribution in [0.5, 0.6) is 5.75 Å². The van der Waals surface area contributed by atoms with Gasteiger partial charge in [-0.25, -0.2) is 4.98 Å². The highest BCUT2D eigenvalue weighted by Crippen LogP contribution is 2.58. The summed E-state index contributed by atoms with van der Waals surface area (Å²) in [6, 6.07) is 12.9. The lowest BCUT2D eigenvalue weighted by Crippen LogP contribution is -2.51. The van der Waals surface area contributed by atoms with Crippen molar-refractivity contribution in [2.45, 2.75) is 109 Å². The van der Waals surface area contributed by atoms with E-state index in [2.05, 4.69) is 68.2 Å². The number of amides is 1. The molecule has 42 heavy (non-hydrogen) atoms. The highest BCUT2D eigenvalue weighted by molar-refractivity contribution is 5.94. The van der Waals surface area contributed by atoms with Gasteiger partial charge in [0.15, 0.2) is 0 Å². The summed E-state index contributed by atoms with van der Waals surface area (Å²) in [6.45, 7) is 9.37. The molecule has 6 heteroatoms. The molecule has 0 spiro atoms. The molecular weight excluding hydrogens is 520 g/mol. The summed E-state index contributed by atoms with van der Waals surface area (Å²) in [4.78, 5) is 21.5. The first-order chi connectivity index (χ1) is 20.1. The van der Waals surface area contributed by atoms with Gasteiger partial charge < -0.3 is 4.74 Å². The van der Waals surface area contributed by atoms with Gasteiger partial charge in [-0.1, -0.05) is 37.5 Å². The molecule has 2 bridgehead atoms. The summed E-state index contributed by atoms with van der Waals surface area (Å²) in [6.07, 6.45) is 16.5. The number of aryl methyl sites for hydroxylation is 1. The molecule has 4 fully saturated rings. The summed E-state index contributed by atoms with van der Waals surface area (Å²) in [5, 5.41) is 4.61. The molecular formula is C36H48N4O2. The molecule has 2 heterocycles. The van der Waals surface area contributed by atoms with E-state index >= 15 is 0 Å². The van der Waals surface area contributed by atoms with Gasteiger partial charge in [0, 0.05) is 24.2 Å². The highest BCUT2D eigenvalue weighted by atomic mass is 16.5. The second kappa shape index (κ2) is 11.2. The summed E-state index contributed by atoms with van der Waals surface area (Å²) in [5.41, 5.74) is 4.86. The molecule has 0 aliphatic heterocycles. The van der Waals surface area contributed by atoms with Crippen LogP contribution in [-0.4, -0.2) is 34.3 Å². The number of pyridine rings is 1. The predicted octanol–water partition coefficient (Wildman–Crippen LogP) is 8.22. The lowest BCUT2D eigenvalue weighted by atomic mass is 9.51. The van der Waals surface area contributed by atoms with Crippen molar-refractivity contribution in [2.75, 3.05) is 18.6 Å². The molecule has 4 saturated carbocycles. The van der Waals surface area contributed by atoms with Crippen LogP contribution >= 0.6 is 0 Å². The average Bonchev–Trinajstić information content (AvgIpc) is 3.53. The molecule has 0 unspecified atom stereocenters. The summed E-state index contributed by atoms with van der Waals surface area (Å²) in [7, 11) is 1.75. The topological polar surface area (TPSA) is 60.2 Å². The number of fused-ring (bicyclic) bond motifs is 3. The van der Waals surface area contributed by atoms with E-state index in [1.807, 2.05) is 23.0 Å². The van der Waals surface area contributed by atoms with Gasteiger partial charge in [0.25, 0.3) is 0 Å². The third-order valence-corrected chi connectivity index (χ3v) is 10.7. The Morgan fingerprint density at radius 1 is 1.02 bits per heavy atom. The predicted molar refractivity (Wildman–Crippen MR) is 169 cm³/mol. The van der Waals surface area contributed by atoms with E-state index in [9.17, 15) is 4.79 Å². The van der Waals surface area contributed by atoms with E-state index in [0.29, 0.717) is 0 Å². The minimum atomic E-state index is -0.0975. The van der Waals surface area contributed by atoms with Gasteiger partial charge in [-0.3, -0.25) is 14.4 Å². The van der Waals surface area contributed by atoms with Crippen molar-refractivity contribution >= 4 is 11.7 Å². The average molecular weight is 569 g/mol. The van der Waals surface area contributed by atoms with Crippen LogP contribution in [0.4, 0.5) is 5.82 Å². The lowest BCUT2D eigenvalue weighted by Gasteiger charge is -2.55. The van der Waals surface area contributed by atoms with Crippen molar-refractivity contribution < 1.29 is 9.53 Å². The van der Waals surface area contributed by atoms with Crippen LogP contribution in [0.3, 0.4) is 0 Å². The summed E-state index contributed by atoms with van der Waals surface area (Å²) in [5.74, 6) is 2.16. The number of aromatic nitrogens is 3. The quantitative estimate of drug-likeness (QED) is 0.288. The SMILES string of the molecule is COc1ccc(C23CCC(CN(C(=O)C4CCCCC4)c4cccc(-c5cnn(C(C)(C)C)c5)n4)(CC2)CC3)cc1C. The molecule has 4 aliphatic carbocycles. The molecule has 0 atom stereocenters. The van der Waals surface area contributed by atoms with Crippen LogP contribution in [0.1, 0.15) is 103 Å². The smallest absolute Gasteiger partial charge is 0.231 e. The van der Waals surface area contributed by atoms with Gasteiger partial charge in [0.1, 0.15) is 11.6 Å². The zero-order valence-electron chi connectivity index (χ0n) is 26.3. The van der Waals surface area contributed by atoms with Gasteiger partial charge in [-0.15, -0.1) is 0 Å². The Morgan fingerprint density at radius 3 is 2.36 bits per heavy atom. The van der Waals surface area contributed by atoms with Crippen molar-refractivity contribution in [3.63, 3.8) is 0 Å². The molecule has 0 radical (unpaired) electrons. The fraction of sp³-hybridized carbons (Fsp3) is 0.583. The molecule has 1 aromatic carbocycles. The van der Waals surface area contributed by atoms with Crippen LogP contribution in [0, 0.1) is 18.3 Å². The maximum absolute atomic E-state index is 14.3. The van der Waals surface area contributed by atoms with Crippen molar-refractivity contribution in [1.82, 2.24) is 14.8 Å². The third kappa shape index (κ3) is 5.49.